The molecule has 4 heteroatoms. The van der Waals surface area contributed by atoms with Crippen LogP contribution in [0.2, 0.25) is 0 Å². The zero-order valence-electron chi connectivity index (χ0n) is 24.6. The Morgan fingerprint density at radius 3 is 2.03 bits per heavy atom. The van der Waals surface area contributed by atoms with E-state index in [1.54, 1.807) is 6.92 Å². The van der Waals surface area contributed by atoms with Gasteiger partial charge >= 0.3 is 5.97 Å². The minimum atomic E-state index is -0.787. The van der Waals surface area contributed by atoms with Gasteiger partial charge in [0, 0.05) is 12.8 Å². The first-order valence-corrected chi connectivity index (χ1v) is 15.0. The zero-order chi connectivity index (χ0) is 26.7. The van der Waals surface area contributed by atoms with Crippen LogP contribution in [0.15, 0.2) is 0 Å². The molecule has 0 saturated heterocycles. The van der Waals surface area contributed by atoms with Gasteiger partial charge in [-0.15, -0.1) is 0 Å². The van der Waals surface area contributed by atoms with Crippen LogP contribution in [0.3, 0.4) is 0 Å². The van der Waals surface area contributed by atoms with Gasteiger partial charge in [0.2, 0.25) is 0 Å². The minimum absolute atomic E-state index is 0.00674. The summed E-state index contributed by atoms with van der Waals surface area (Å²) in [5.74, 6) is 1.56. The van der Waals surface area contributed by atoms with E-state index < -0.39 is 5.60 Å². The maximum Gasteiger partial charge on any atom is 0.302 e. The summed E-state index contributed by atoms with van der Waals surface area (Å²) in [5, 5.41) is 23.1. The van der Waals surface area contributed by atoms with Gasteiger partial charge in [-0.1, -0.05) is 48.0 Å². The van der Waals surface area contributed by atoms with E-state index >= 15 is 0 Å². The van der Waals surface area contributed by atoms with E-state index in [0.29, 0.717) is 17.8 Å². The predicted octanol–water partition coefficient (Wildman–Crippen LogP) is 6.76. The van der Waals surface area contributed by atoms with E-state index in [-0.39, 0.29) is 57.1 Å². The number of ether oxygens (including phenoxy) is 1. The molecule has 0 unspecified atom stereocenters. The second kappa shape index (κ2) is 7.96. The third-order valence-electron chi connectivity index (χ3n) is 13.7. The lowest BCUT2D eigenvalue weighted by atomic mass is 9.31. The molecule has 0 spiro atoms. The highest BCUT2D eigenvalue weighted by Gasteiger charge is 2.74. The number of carbonyl (C=O) groups excluding carboxylic acids is 1. The van der Waals surface area contributed by atoms with Crippen molar-refractivity contribution in [3.8, 4) is 0 Å². The van der Waals surface area contributed by atoms with Crippen molar-refractivity contribution in [2.45, 2.75) is 138 Å². The maximum atomic E-state index is 12.4. The molecule has 0 amide bonds. The Morgan fingerprint density at radius 2 is 1.44 bits per heavy atom. The molecule has 5 aliphatic carbocycles. The van der Waals surface area contributed by atoms with Crippen LogP contribution in [0.4, 0.5) is 0 Å². The Bertz CT molecular complexity index is 904. The number of hydrogen-bond acceptors (Lipinski definition) is 4. The normalized spacial score (nSPS) is 54.0. The van der Waals surface area contributed by atoms with Crippen LogP contribution in [0.1, 0.15) is 120 Å². The Hall–Kier alpha value is -0.610. The van der Waals surface area contributed by atoms with E-state index in [0.717, 1.165) is 25.7 Å². The van der Waals surface area contributed by atoms with Crippen molar-refractivity contribution in [3.63, 3.8) is 0 Å². The molecule has 5 aliphatic rings. The Morgan fingerprint density at radius 1 is 0.861 bits per heavy atom. The van der Waals surface area contributed by atoms with Crippen molar-refractivity contribution in [1.82, 2.24) is 0 Å². The van der Waals surface area contributed by atoms with Crippen molar-refractivity contribution in [2.75, 3.05) is 0 Å². The largest absolute Gasteiger partial charge is 0.462 e. The van der Waals surface area contributed by atoms with E-state index in [9.17, 15) is 15.0 Å². The number of esters is 1. The summed E-state index contributed by atoms with van der Waals surface area (Å²) < 4.78 is 6.21. The van der Waals surface area contributed by atoms with Crippen molar-refractivity contribution >= 4 is 5.97 Å². The number of carbonyl (C=O) groups is 1. The molecule has 0 bridgehead atoms. The van der Waals surface area contributed by atoms with E-state index in [1.165, 1.54) is 32.1 Å². The van der Waals surface area contributed by atoms with Crippen molar-refractivity contribution in [1.29, 1.82) is 0 Å². The Labute approximate surface area is 220 Å². The Kier molecular flexibility index (Phi) is 5.97. The summed E-state index contributed by atoms with van der Waals surface area (Å²) in [6, 6.07) is 0. The maximum absolute atomic E-state index is 12.4. The zero-order valence-corrected chi connectivity index (χ0v) is 24.6. The lowest BCUT2D eigenvalue weighted by Crippen LogP contribution is -2.70. The summed E-state index contributed by atoms with van der Waals surface area (Å²) in [4.78, 5) is 12.4. The van der Waals surface area contributed by atoms with Gasteiger partial charge in [-0.3, -0.25) is 4.79 Å². The smallest absolute Gasteiger partial charge is 0.302 e. The van der Waals surface area contributed by atoms with Gasteiger partial charge in [-0.05, 0) is 116 Å². The molecule has 0 aromatic heterocycles. The third kappa shape index (κ3) is 3.41. The number of hydrogen-bond donors (Lipinski definition) is 2. The summed E-state index contributed by atoms with van der Waals surface area (Å²) in [7, 11) is 0. The number of fused-ring (bicyclic) bond motifs is 7. The first kappa shape index (κ1) is 27.0. The fourth-order valence-electron chi connectivity index (χ4n) is 12.7. The van der Waals surface area contributed by atoms with Crippen LogP contribution in [-0.4, -0.2) is 34.0 Å². The van der Waals surface area contributed by atoms with E-state index in [2.05, 4.69) is 41.5 Å². The molecule has 5 fully saturated rings. The Balaban J connectivity index is 1.61. The number of aliphatic hydroxyl groups is 2. The summed E-state index contributed by atoms with van der Waals surface area (Å²) in [6.45, 7) is 20.2. The molecular formula is C32H54O4. The number of rotatable bonds is 2. The van der Waals surface area contributed by atoms with Gasteiger partial charge in [0.25, 0.3) is 0 Å². The van der Waals surface area contributed by atoms with E-state index in [1.807, 2.05) is 13.8 Å². The van der Waals surface area contributed by atoms with Gasteiger partial charge in [-0.25, -0.2) is 0 Å². The highest BCUT2D eigenvalue weighted by molar-refractivity contribution is 5.66. The lowest BCUT2D eigenvalue weighted by molar-refractivity contribution is -0.282. The first-order chi connectivity index (χ1) is 16.4. The molecule has 0 heterocycles. The lowest BCUT2D eigenvalue weighted by Gasteiger charge is -2.74. The molecule has 0 aromatic rings. The fourth-order valence-corrected chi connectivity index (χ4v) is 12.7. The molecule has 36 heavy (non-hydrogen) atoms. The van der Waals surface area contributed by atoms with Crippen LogP contribution < -0.4 is 0 Å². The second-order valence-electron chi connectivity index (χ2n) is 16.3. The molecule has 206 valence electrons. The standard InChI is InChI=1S/C32H54O4/c1-19(33)36-22-18-32(9)23(29(6)16-13-20(25(22)29)28(4,5)35)11-12-24-30(7)15-10-14-27(2,3)26(30)21(34)17-31(24,32)8/h20-26,34-35H,10-18H2,1-9H3/t20-,21-,22-,23+,24+,25+,26+,29+,30+,31+,32+/m0/s1. The SMILES string of the molecule is CC(=O)O[C@H]1C[C@]2(C)[C@H](CC[C@@H]3[C@@]4(C)CCCC(C)(C)[C@H]4[C@@H](O)C[C@]32C)[C@@]2(C)CC[C@H](C(C)(C)O)[C@H]12. The average Bonchev–Trinajstić information content (AvgIpc) is 3.06. The fraction of sp³-hybridized carbons (Fsp3) is 0.969. The molecule has 11 atom stereocenters. The van der Waals surface area contributed by atoms with Gasteiger partial charge in [0.05, 0.1) is 11.7 Å². The van der Waals surface area contributed by atoms with Crippen molar-refractivity contribution in [3.05, 3.63) is 0 Å². The van der Waals surface area contributed by atoms with Gasteiger partial charge in [-0.2, -0.15) is 0 Å². The molecule has 5 rings (SSSR count). The predicted molar refractivity (Wildman–Crippen MR) is 143 cm³/mol. The van der Waals surface area contributed by atoms with Crippen LogP contribution in [0.25, 0.3) is 0 Å². The monoisotopic (exact) mass is 502 g/mol. The van der Waals surface area contributed by atoms with Gasteiger partial charge in [0.1, 0.15) is 6.10 Å². The molecular weight excluding hydrogens is 448 g/mol. The molecule has 4 nitrogen and oxygen atoms in total. The molecule has 5 saturated carbocycles. The van der Waals surface area contributed by atoms with Crippen LogP contribution in [0, 0.1) is 56.7 Å². The minimum Gasteiger partial charge on any atom is -0.462 e. The summed E-state index contributed by atoms with van der Waals surface area (Å²) >= 11 is 0. The highest BCUT2D eigenvalue weighted by atomic mass is 16.5. The third-order valence-corrected chi connectivity index (χ3v) is 13.7. The molecule has 0 aliphatic heterocycles. The molecule has 0 radical (unpaired) electrons. The van der Waals surface area contributed by atoms with Crippen LogP contribution in [0.5, 0.6) is 0 Å². The number of aliphatic hydroxyl groups excluding tert-OH is 1. The van der Waals surface area contributed by atoms with Crippen LogP contribution in [-0.2, 0) is 9.53 Å². The first-order valence-electron chi connectivity index (χ1n) is 15.0. The van der Waals surface area contributed by atoms with Gasteiger partial charge < -0.3 is 14.9 Å². The summed E-state index contributed by atoms with van der Waals surface area (Å²) in [5.41, 5.74) is -0.478. The van der Waals surface area contributed by atoms with E-state index in [4.69, 9.17) is 4.74 Å². The van der Waals surface area contributed by atoms with Crippen LogP contribution >= 0.6 is 0 Å². The second-order valence-corrected chi connectivity index (χ2v) is 16.3. The molecule has 2 N–H and O–H groups in total. The van der Waals surface area contributed by atoms with Crippen molar-refractivity contribution in [2.24, 2.45) is 56.7 Å². The summed E-state index contributed by atoms with van der Waals surface area (Å²) in [6.07, 6.45) is 9.46. The quantitative estimate of drug-likeness (QED) is 0.409. The topological polar surface area (TPSA) is 66.8 Å². The molecule has 0 aromatic carbocycles. The highest BCUT2D eigenvalue weighted by Crippen LogP contribution is 2.78. The average molecular weight is 503 g/mol. The van der Waals surface area contributed by atoms with Gasteiger partial charge in [0.15, 0.2) is 0 Å². The van der Waals surface area contributed by atoms with Crippen molar-refractivity contribution < 1.29 is 19.7 Å².